The highest BCUT2D eigenvalue weighted by atomic mass is 16.5. The molecule has 1 amide bonds. The number of nitrogens with zero attached hydrogens (tertiary/aromatic N) is 1. The van der Waals surface area contributed by atoms with Crippen LogP contribution in [0.15, 0.2) is 12.1 Å². The van der Waals surface area contributed by atoms with Crippen LogP contribution in [0.5, 0.6) is 11.5 Å². The van der Waals surface area contributed by atoms with Gasteiger partial charge in [-0.05, 0) is 13.0 Å². The zero-order valence-corrected chi connectivity index (χ0v) is 12.4. The fourth-order valence-corrected chi connectivity index (χ4v) is 1.86. The van der Waals surface area contributed by atoms with Crippen molar-refractivity contribution in [1.82, 2.24) is 4.90 Å². The maximum absolute atomic E-state index is 12.5. The van der Waals surface area contributed by atoms with Gasteiger partial charge in [0, 0.05) is 32.0 Å². The van der Waals surface area contributed by atoms with E-state index in [9.17, 15) is 4.79 Å². The average molecular weight is 282 g/mol. The van der Waals surface area contributed by atoms with Gasteiger partial charge < -0.3 is 24.8 Å². The quantitative estimate of drug-likeness (QED) is 0.765. The number of nitrogens with two attached hydrogens (primary N) is 1. The Morgan fingerprint density at radius 2 is 1.80 bits per heavy atom. The molecule has 1 aromatic rings. The minimum atomic E-state index is -0.150. The Labute approximate surface area is 119 Å². The molecule has 0 fully saturated rings. The van der Waals surface area contributed by atoms with Crippen LogP contribution < -0.4 is 15.2 Å². The van der Waals surface area contributed by atoms with Gasteiger partial charge in [-0.2, -0.15) is 0 Å². The van der Waals surface area contributed by atoms with E-state index in [1.54, 1.807) is 24.1 Å². The molecule has 6 heteroatoms. The van der Waals surface area contributed by atoms with Crippen LogP contribution >= 0.6 is 0 Å². The lowest BCUT2D eigenvalue weighted by molar-refractivity contribution is 0.0707. The molecular formula is C14H22N2O4. The first-order chi connectivity index (χ1) is 9.58. The van der Waals surface area contributed by atoms with Gasteiger partial charge in [-0.25, -0.2) is 0 Å². The van der Waals surface area contributed by atoms with Gasteiger partial charge >= 0.3 is 0 Å². The van der Waals surface area contributed by atoms with Gasteiger partial charge in [0.1, 0.15) is 0 Å². The molecule has 0 aliphatic rings. The molecule has 2 N–H and O–H groups in total. The molecule has 20 heavy (non-hydrogen) atoms. The van der Waals surface area contributed by atoms with E-state index in [1.807, 2.05) is 6.92 Å². The number of likely N-dealkylation sites (N-methyl/N-ethyl adjacent to an activating group) is 1. The molecule has 0 unspecified atom stereocenters. The predicted molar refractivity (Wildman–Crippen MR) is 77.4 cm³/mol. The first kappa shape index (κ1) is 16.1. The van der Waals surface area contributed by atoms with Crippen LogP contribution in [0.2, 0.25) is 0 Å². The van der Waals surface area contributed by atoms with Crippen molar-refractivity contribution in [1.29, 1.82) is 0 Å². The number of methoxy groups -OCH3 is 3. The van der Waals surface area contributed by atoms with E-state index in [0.717, 1.165) is 0 Å². The van der Waals surface area contributed by atoms with Crippen LogP contribution in [0.25, 0.3) is 0 Å². The number of amides is 1. The van der Waals surface area contributed by atoms with Crippen molar-refractivity contribution < 1.29 is 19.0 Å². The van der Waals surface area contributed by atoms with Crippen LogP contribution in [-0.4, -0.2) is 51.8 Å². The number of hydrogen-bond donors (Lipinski definition) is 1. The maximum atomic E-state index is 12.5. The van der Waals surface area contributed by atoms with E-state index in [2.05, 4.69) is 0 Å². The Hall–Kier alpha value is -1.95. The molecular weight excluding hydrogens is 260 g/mol. The number of nitrogen functional groups attached to an aromatic ring is 1. The van der Waals surface area contributed by atoms with Crippen LogP contribution in [0.1, 0.15) is 17.3 Å². The highest BCUT2D eigenvalue weighted by molar-refractivity contribution is 6.00. The number of hydrogen-bond acceptors (Lipinski definition) is 5. The Bertz CT molecular complexity index is 463. The summed E-state index contributed by atoms with van der Waals surface area (Å²) in [6.45, 7) is 3.48. The average Bonchev–Trinajstić information content (AvgIpc) is 2.47. The minimum Gasteiger partial charge on any atom is -0.493 e. The lowest BCUT2D eigenvalue weighted by Crippen LogP contribution is -2.34. The van der Waals surface area contributed by atoms with E-state index in [1.165, 1.54) is 14.2 Å². The molecule has 0 aromatic heterocycles. The van der Waals surface area contributed by atoms with Crippen molar-refractivity contribution in [3.05, 3.63) is 17.7 Å². The SMILES string of the molecule is CCN(CCOC)C(=O)c1cc(OC)c(OC)cc1N. The summed E-state index contributed by atoms with van der Waals surface area (Å²) >= 11 is 0. The molecule has 1 aromatic carbocycles. The van der Waals surface area contributed by atoms with Crippen molar-refractivity contribution in [2.24, 2.45) is 0 Å². The van der Waals surface area contributed by atoms with E-state index in [0.29, 0.717) is 42.4 Å². The molecule has 0 bridgehead atoms. The van der Waals surface area contributed by atoms with Gasteiger partial charge in [0.15, 0.2) is 11.5 Å². The molecule has 0 aliphatic carbocycles. The predicted octanol–water partition coefficient (Wildman–Crippen LogP) is 1.39. The molecule has 1 rings (SSSR count). The Morgan fingerprint density at radius 3 is 2.30 bits per heavy atom. The monoisotopic (exact) mass is 282 g/mol. The molecule has 0 atom stereocenters. The standard InChI is InChI=1S/C14H22N2O4/c1-5-16(6-7-18-2)14(17)10-8-12(19-3)13(20-4)9-11(10)15/h8-9H,5-7,15H2,1-4H3. The summed E-state index contributed by atoms with van der Waals surface area (Å²) in [6, 6.07) is 3.20. The molecule has 0 aliphatic heterocycles. The molecule has 0 spiro atoms. The van der Waals surface area contributed by atoms with E-state index in [-0.39, 0.29) is 5.91 Å². The van der Waals surface area contributed by atoms with E-state index in [4.69, 9.17) is 19.9 Å². The van der Waals surface area contributed by atoms with Crippen molar-refractivity contribution in [3.8, 4) is 11.5 Å². The summed E-state index contributed by atoms with van der Waals surface area (Å²) in [7, 11) is 4.64. The van der Waals surface area contributed by atoms with E-state index >= 15 is 0 Å². The Morgan fingerprint density at radius 1 is 1.20 bits per heavy atom. The Balaban J connectivity index is 3.08. The normalized spacial score (nSPS) is 10.2. The number of rotatable bonds is 7. The second-order valence-electron chi connectivity index (χ2n) is 4.17. The zero-order chi connectivity index (χ0) is 15.1. The smallest absolute Gasteiger partial charge is 0.256 e. The minimum absolute atomic E-state index is 0.150. The first-order valence-electron chi connectivity index (χ1n) is 6.38. The van der Waals surface area contributed by atoms with Crippen molar-refractivity contribution >= 4 is 11.6 Å². The molecule has 0 saturated carbocycles. The lowest BCUT2D eigenvalue weighted by Gasteiger charge is -2.22. The second-order valence-corrected chi connectivity index (χ2v) is 4.17. The fraction of sp³-hybridized carbons (Fsp3) is 0.500. The number of anilines is 1. The van der Waals surface area contributed by atoms with Gasteiger partial charge in [-0.15, -0.1) is 0 Å². The number of benzene rings is 1. The summed E-state index contributed by atoms with van der Waals surface area (Å²) < 4.78 is 15.4. The zero-order valence-electron chi connectivity index (χ0n) is 12.4. The van der Waals surface area contributed by atoms with Crippen molar-refractivity contribution in [3.63, 3.8) is 0 Å². The summed E-state index contributed by atoms with van der Waals surface area (Å²) in [6.07, 6.45) is 0. The van der Waals surface area contributed by atoms with Gasteiger partial charge in [0.05, 0.1) is 26.4 Å². The summed E-state index contributed by atoms with van der Waals surface area (Å²) in [4.78, 5) is 14.1. The molecule has 112 valence electrons. The Kier molecular flexibility index (Phi) is 6.11. The topological polar surface area (TPSA) is 74.0 Å². The third kappa shape index (κ3) is 3.54. The molecule has 0 radical (unpaired) electrons. The highest BCUT2D eigenvalue weighted by Crippen LogP contribution is 2.32. The third-order valence-corrected chi connectivity index (χ3v) is 3.02. The van der Waals surface area contributed by atoms with Gasteiger partial charge in [0.25, 0.3) is 5.91 Å². The van der Waals surface area contributed by atoms with E-state index < -0.39 is 0 Å². The van der Waals surface area contributed by atoms with Crippen LogP contribution in [-0.2, 0) is 4.74 Å². The number of carbonyl (C=O) groups excluding carboxylic acids is 1. The molecule has 6 nitrogen and oxygen atoms in total. The summed E-state index contributed by atoms with van der Waals surface area (Å²) in [5.74, 6) is 0.831. The van der Waals surface area contributed by atoms with Crippen molar-refractivity contribution in [2.45, 2.75) is 6.92 Å². The lowest BCUT2D eigenvalue weighted by atomic mass is 10.1. The summed E-state index contributed by atoms with van der Waals surface area (Å²) in [5.41, 5.74) is 6.70. The maximum Gasteiger partial charge on any atom is 0.256 e. The van der Waals surface area contributed by atoms with Gasteiger partial charge in [-0.1, -0.05) is 0 Å². The van der Waals surface area contributed by atoms with Gasteiger partial charge in [0.2, 0.25) is 0 Å². The number of ether oxygens (including phenoxy) is 3. The van der Waals surface area contributed by atoms with Gasteiger partial charge in [-0.3, -0.25) is 4.79 Å². The highest BCUT2D eigenvalue weighted by Gasteiger charge is 2.19. The first-order valence-corrected chi connectivity index (χ1v) is 6.38. The number of carbonyl (C=O) groups is 1. The molecule has 0 heterocycles. The largest absolute Gasteiger partial charge is 0.493 e. The van der Waals surface area contributed by atoms with Crippen molar-refractivity contribution in [2.75, 3.05) is 46.8 Å². The fourth-order valence-electron chi connectivity index (χ4n) is 1.86. The second kappa shape index (κ2) is 7.59. The summed E-state index contributed by atoms with van der Waals surface area (Å²) in [5, 5.41) is 0. The van der Waals surface area contributed by atoms with Crippen LogP contribution in [0.3, 0.4) is 0 Å². The third-order valence-electron chi connectivity index (χ3n) is 3.02. The van der Waals surface area contributed by atoms with Crippen LogP contribution in [0.4, 0.5) is 5.69 Å². The molecule has 0 saturated heterocycles. The van der Waals surface area contributed by atoms with Crippen LogP contribution in [0, 0.1) is 0 Å².